The van der Waals surface area contributed by atoms with Gasteiger partial charge in [-0.3, -0.25) is 9.59 Å². The van der Waals surface area contributed by atoms with Crippen molar-refractivity contribution in [3.8, 4) is 0 Å². The molecule has 1 fully saturated rings. The van der Waals surface area contributed by atoms with E-state index in [4.69, 9.17) is 5.73 Å². The van der Waals surface area contributed by atoms with Crippen molar-refractivity contribution in [3.63, 3.8) is 0 Å². The molecule has 1 aliphatic rings. The molecule has 0 bridgehead atoms. The molecule has 6 heteroatoms. The zero-order valence-electron chi connectivity index (χ0n) is 8.56. The molecule has 1 aromatic rings. The molecular weight excluding hydrogens is 208 g/mol. The van der Waals surface area contributed by atoms with Gasteiger partial charge in [0.2, 0.25) is 5.91 Å². The number of anilines is 1. The molecule has 1 aromatic heterocycles. The maximum Gasteiger partial charge on any atom is 0.270 e. The van der Waals surface area contributed by atoms with Crippen LogP contribution in [0.3, 0.4) is 0 Å². The molecule has 2 heterocycles. The van der Waals surface area contributed by atoms with Gasteiger partial charge in [-0.25, -0.2) is 4.98 Å². The number of nitrogens with zero attached hydrogens (tertiary/aromatic N) is 1. The van der Waals surface area contributed by atoms with Gasteiger partial charge in [-0.15, -0.1) is 0 Å². The lowest BCUT2D eigenvalue weighted by atomic mass is 10.2. The molecule has 1 unspecified atom stereocenters. The zero-order chi connectivity index (χ0) is 11.5. The number of carbonyl (C=O) groups excluding carboxylic acids is 2. The number of nitrogen functional groups attached to an aromatic ring is 1. The fraction of sp³-hybridized carbons (Fsp3) is 0.300. The minimum absolute atomic E-state index is 0.0502. The van der Waals surface area contributed by atoms with Crippen LogP contribution in [0.5, 0.6) is 0 Å². The van der Waals surface area contributed by atoms with Crippen molar-refractivity contribution in [2.75, 3.05) is 12.3 Å². The largest absolute Gasteiger partial charge is 0.384 e. The molecule has 2 rings (SSSR count). The standard InChI is InChI=1S/C10H12N4O2/c11-8-3-1-2-7(14-8)10(16)13-6-4-9(15)12-5-6/h1-3,6H,4-5H2,(H2,11,14)(H,12,15)(H,13,16). The van der Waals surface area contributed by atoms with Gasteiger partial charge < -0.3 is 16.4 Å². The molecule has 0 radical (unpaired) electrons. The van der Waals surface area contributed by atoms with E-state index in [1.807, 2.05) is 0 Å². The van der Waals surface area contributed by atoms with Crippen LogP contribution in [0.2, 0.25) is 0 Å². The van der Waals surface area contributed by atoms with Gasteiger partial charge in [0.1, 0.15) is 11.5 Å². The monoisotopic (exact) mass is 220 g/mol. The summed E-state index contributed by atoms with van der Waals surface area (Å²) in [6.07, 6.45) is 0.314. The number of carbonyl (C=O) groups is 2. The summed E-state index contributed by atoms with van der Waals surface area (Å²) in [5.41, 5.74) is 5.73. The van der Waals surface area contributed by atoms with E-state index in [-0.39, 0.29) is 23.6 Å². The second-order valence-corrected chi connectivity index (χ2v) is 3.63. The van der Waals surface area contributed by atoms with Gasteiger partial charge in [-0.05, 0) is 12.1 Å². The SMILES string of the molecule is Nc1cccc(C(=O)NC2CNC(=O)C2)n1. The predicted octanol–water partition coefficient (Wildman–Crippen LogP) is -0.718. The highest BCUT2D eigenvalue weighted by atomic mass is 16.2. The van der Waals surface area contributed by atoms with Crippen LogP contribution in [0.1, 0.15) is 16.9 Å². The zero-order valence-corrected chi connectivity index (χ0v) is 8.56. The van der Waals surface area contributed by atoms with Crippen LogP contribution in [0, 0.1) is 0 Å². The van der Waals surface area contributed by atoms with Crippen LogP contribution in [-0.4, -0.2) is 29.4 Å². The van der Waals surface area contributed by atoms with E-state index in [9.17, 15) is 9.59 Å². The third-order valence-electron chi connectivity index (χ3n) is 2.32. The first kappa shape index (κ1) is 10.4. The first-order valence-corrected chi connectivity index (χ1v) is 4.95. The second-order valence-electron chi connectivity index (χ2n) is 3.63. The number of aromatic nitrogens is 1. The highest BCUT2D eigenvalue weighted by Crippen LogP contribution is 2.03. The lowest BCUT2D eigenvalue weighted by molar-refractivity contribution is -0.119. The predicted molar refractivity (Wildman–Crippen MR) is 57.5 cm³/mol. The summed E-state index contributed by atoms with van der Waals surface area (Å²) in [5.74, 6) is -0.0621. The number of nitrogens with one attached hydrogen (secondary N) is 2. The summed E-state index contributed by atoms with van der Waals surface area (Å²) in [7, 11) is 0. The molecule has 0 aliphatic carbocycles. The van der Waals surface area contributed by atoms with Gasteiger partial charge in [0.25, 0.3) is 5.91 Å². The van der Waals surface area contributed by atoms with E-state index in [1.165, 1.54) is 0 Å². The Labute approximate surface area is 92.2 Å². The highest BCUT2D eigenvalue weighted by molar-refractivity contribution is 5.93. The van der Waals surface area contributed by atoms with Crippen LogP contribution in [0.4, 0.5) is 5.82 Å². The molecule has 2 amide bonds. The Morgan fingerprint density at radius 1 is 1.56 bits per heavy atom. The van der Waals surface area contributed by atoms with Crippen molar-refractivity contribution in [2.24, 2.45) is 0 Å². The Balaban J connectivity index is 2.00. The van der Waals surface area contributed by atoms with Crippen LogP contribution >= 0.6 is 0 Å². The summed E-state index contributed by atoms with van der Waals surface area (Å²) in [5, 5.41) is 5.35. The lowest BCUT2D eigenvalue weighted by Crippen LogP contribution is -2.36. The Bertz CT molecular complexity index is 433. The molecule has 16 heavy (non-hydrogen) atoms. The summed E-state index contributed by atoms with van der Waals surface area (Å²) in [4.78, 5) is 26.5. The number of amides is 2. The van der Waals surface area contributed by atoms with Gasteiger partial charge in [0.15, 0.2) is 0 Å². The molecule has 1 saturated heterocycles. The lowest BCUT2D eigenvalue weighted by Gasteiger charge is -2.09. The van der Waals surface area contributed by atoms with Crippen molar-refractivity contribution in [2.45, 2.75) is 12.5 Å². The fourth-order valence-corrected chi connectivity index (χ4v) is 1.54. The second kappa shape index (κ2) is 4.18. The summed E-state index contributed by atoms with van der Waals surface area (Å²) >= 11 is 0. The molecule has 1 aliphatic heterocycles. The molecule has 0 spiro atoms. The van der Waals surface area contributed by atoms with Crippen LogP contribution in [0.15, 0.2) is 18.2 Å². The maximum atomic E-state index is 11.7. The van der Waals surface area contributed by atoms with Gasteiger partial charge in [0.05, 0.1) is 6.04 Å². The first-order valence-electron chi connectivity index (χ1n) is 4.95. The molecule has 84 valence electrons. The highest BCUT2D eigenvalue weighted by Gasteiger charge is 2.23. The molecule has 0 aromatic carbocycles. The number of rotatable bonds is 2. The number of hydrogen-bond donors (Lipinski definition) is 3. The van der Waals surface area contributed by atoms with Crippen molar-refractivity contribution in [3.05, 3.63) is 23.9 Å². The van der Waals surface area contributed by atoms with Gasteiger partial charge in [0, 0.05) is 13.0 Å². The Hall–Kier alpha value is -2.11. The van der Waals surface area contributed by atoms with Gasteiger partial charge in [-0.2, -0.15) is 0 Å². The minimum atomic E-state index is -0.311. The molecule has 6 nitrogen and oxygen atoms in total. The third kappa shape index (κ3) is 2.28. The normalized spacial score (nSPS) is 19.2. The third-order valence-corrected chi connectivity index (χ3v) is 2.32. The fourth-order valence-electron chi connectivity index (χ4n) is 1.54. The van der Waals surface area contributed by atoms with Crippen LogP contribution < -0.4 is 16.4 Å². The van der Waals surface area contributed by atoms with Crippen molar-refractivity contribution < 1.29 is 9.59 Å². The van der Waals surface area contributed by atoms with Gasteiger partial charge in [-0.1, -0.05) is 6.07 Å². The van der Waals surface area contributed by atoms with Crippen molar-refractivity contribution >= 4 is 17.6 Å². The summed E-state index contributed by atoms with van der Waals surface area (Å²) in [6.45, 7) is 0.465. The number of pyridine rings is 1. The molecule has 0 saturated carbocycles. The molecule has 1 atom stereocenters. The van der Waals surface area contributed by atoms with E-state index in [0.29, 0.717) is 18.8 Å². The number of nitrogens with two attached hydrogens (primary N) is 1. The van der Waals surface area contributed by atoms with E-state index < -0.39 is 0 Å². The Morgan fingerprint density at radius 3 is 3.00 bits per heavy atom. The Kier molecular flexibility index (Phi) is 2.72. The average molecular weight is 220 g/mol. The summed E-state index contributed by atoms with van der Waals surface area (Å²) in [6, 6.07) is 4.69. The van der Waals surface area contributed by atoms with Crippen molar-refractivity contribution in [1.82, 2.24) is 15.6 Å². The van der Waals surface area contributed by atoms with Crippen LogP contribution in [-0.2, 0) is 4.79 Å². The van der Waals surface area contributed by atoms with Crippen molar-refractivity contribution in [1.29, 1.82) is 0 Å². The van der Waals surface area contributed by atoms with Gasteiger partial charge >= 0.3 is 0 Å². The van der Waals surface area contributed by atoms with Crippen LogP contribution in [0.25, 0.3) is 0 Å². The topological polar surface area (TPSA) is 97.1 Å². The van der Waals surface area contributed by atoms with E-state index >= 15 is 0 Å². The molecular formula is C10H12N4O2. The van der Waals surface area contributed by atoms with E-state index in [0.717, 1.165) is 0 Å². The maximum absolute atomic E-state index is 11.7. The van der Waals surface area contributed by atoms with E-state index in [2.05, 4.69) is 15.6 Å². The quantitative estimate of drug-likeness (QED) is 0.612. The Morgan fingerprint density at radius 2 is 2.38 bits per heavy atom. The minimum Gasteiger partial charge on any atom is -0.384 e. The molecule has 4 N–H and O–H groups in total. The number of hydrogen-bond acceptors (Lipinski definition) is 4. The summed E-state index contributed by atoms with van der Waals surface area (Å²) < 4.78 is 0. The smallest absolute Gasteiger partial charge is 0.270 e. The average Bonchev–Trinajstić information content (AvgIpc) is 2.64. The van der Waals surface area contributed by atoms with E-state index in [1.54, 1.807) is 18.2 Å². The first-order chi connectivity index (χ1) is 7.65.